The highest BCUT2D eigenvalue weighted by Gasteiger charge is 2.23. The highest BCUT2D eigenvalue weighted by Crippen LogP contribution is 2.32. The summed E-state index contributed by atoms with van der Waals surface area (Å²) < 4.78 is 17.1. The van der Waals surface area contributed by atoms with Gasteiger partial charge in [0.15, 0.2) is 11.5 Å². The van der Waals surface area contributed by atoms with Gasteiger partial charge in [-0.15, -0.1) is 0 Å². The number of hydrogen-bond acceptors (Lipinski definition) is 4. The molecule has 0 fully saturated rings. The number of hydrogen-bond donors (Lipinski definition) is 1. The number of rotatable bonds is 6. The lowest BCUT2D eigenvalue weighted by Gasteiger charge is -2.27. The van der Waals surface area contributed by atoms with Crippen molar-refractivity contribution in [3.8, 4) is 11.5 Å². The summed E-state index contributed by atoms with van der Waals surface area (Å²) >= 11 is 0. The number of aryl methyl sites for hydroxylation is 2. The van der Waals surface area contributed by atoms with Gasteiger partial charge < -0.3 is 18.8 Å². The first-order chi connectivity index (χ1) is 14.5. The molecule has 2 aromatic carbocycles. The monoisotopic (exact) mass is 408 g/mol. The first-order valence-electron chi connectivity index (χ1n) is 10.8. The van der Waals surface area contributed by atoms with Crippen molar-refractivity contribution in [1.82, 2.24) is 0 Å². The highest BCUT2D eigenvalue weighted by atomic mass is 16.5. The van der Waals surface area contributed by atoms with Gasteiger partial charge in [-0.05, 0) is 68.7 Å². The van der Waals surface area contributed by atoms with E-state index < -0.39 is 0 Å². The summed E-state index contributed by atoms with van der Waals surface area (Å²) in [5.74, 6) is 1.65. The number of fused-ring (bicyclic) bond motifs is 2. The van der Waals surface area contributed by atoms with Crippen LogP contribution >= 0.6 is 0 Å². The van der Waals surface area contributed by atoms with Crippen molar-refractivity contribution in [2.45, 2.75) is 47.2 Å². The van der Waals surface area contributed by atoms with Gasteiger partial charge in [0.1, 0.15) is 18.7 Å². The second kappa shape index (κ2) is 8.52. The molecule has 30 heavy (non-hydrogen) atoms. The summed E-state index contributed by atoms with van der Waals surface area (Å²) in [6, 6.07) is 10.0. The third-order valence-corrected chi connectivity index (χ3v) is 5.94. The Morgan fingerprint density at radius 3 is 2.30 bits per heavy atom. The number of nitrogens with one attached hydrogen (secondary N) is 1. The minimum Gasteiger partial charge on any atom is -0.490 e. The molecule has 1 unspecified atom stereocenters. The molecular formula is C25H30NO4+. The molecule has 3 aromatic rings. The molecule has 2 heterocycles. The molecule has 158 valence electrons. The van der Waals surface area contributed by atoms with Crippen molar-refractivity contribution < 1.29 is 18.8 Å². The second-order valence-electron chi connectivity index (χ2n) is 8.06. The molecule has 1 N–H and O–H groups in total. The normalized spacial score (nSPS) is 15.8. The van der Waals surface area contributed by atoms with E-state index in [4.69, 9.17) is 13.9 Å². The molecule has 5 heteroatoms. The molecule has 5 nitrogen and oxygen atoms in total. The molecule has 1 aliphatic rings. The van der Waals surface area contributed by atoms with Gasteiger partial charge in [-0.1, -0.05) is 0 Å². The van der Waals surface area contributed by atoms with E-state index in [-0.39, 0.29) is 5.63 Å². The standard InChI is InChI=1S/C25H29NO4/c1-5-28-23-11-18-7-8-26(14-19(18)12-24(23)29-6-2)15-20-13-25(27)30-22-10-17(4)16(3)9-21(20)22/h9-13H,5-8,14-15H2,1-4H3/p+1. The van der Waals surface area contributed by atoms with Gasteiger partial charge in [0.2, 0.25) is 0 Å². The predicted octanol–water partition coefficient (Wildman–Crippen LogP) is 3.35. The fourth-order valence-corrected chi connectivity index (χ4v) is 4.30. The molecule has 0 radical (unpaired) electrons. The van der Waals surface area contributed by atoms with Crippen LogP contribution in [-0.2, 0) is 19.5 Å². The Morgan fingerprint density at radius 1 is 0.933 bits per heavy atom. The van der Waals surface area contributed by atoms with E-state index in [0.717, 1.165) is 54.1 Å². The Kier molecular flexibility index (Phi) is 5.82. The van der Waals surface area contributed by atoms with E-state index in [1.54, 1.807) is 6.07 Å². The molecule has 1 atom stereocenters. The first kappa shape index (κ1) is 20.5. The lowest BCUT2D eigenvalue weighted by atomic mass is 9.97. The average molecular weight is 409 g/mol. The fraction of sp³-hybridized carbons (Fsp3) is 0.400. The minimum atomic E-state index is -0.280. The van der Waals surface area contributed by atoms with Gasteiger partial charge in [0.05, 0.1) is 19.8 Å². The summed E-state index contributed by atoms with van der Waals surface area (Å²) in [5, 5.41) is 1.04. The van der Waals surface area contributed by atoms with E-state index >= 15 is 0 Å². The third kappa shape index (κ3) is 4.08. The molecule has 0 aliphatic carbocycles. The van der Waals surface area contributed by atoms with E-state index in [1.165, 1.54) is 21.6 Å². The van der Waals surface area contributed by atoms with Crippen LogP contribution in [0.5, 0.6) is 11.5 Å². The van der Waals surface area contributed by atoms with Gasteiger partial charge >= 0.3 is 5.63 Å². The Labute approximate surface area is 177 Å². The van der Waals surface area contributed by atoms with Crippen molar-refractivity contribution in [3.05, 3.63) is 68.6 Å². The van der Waals surface area contributed by atoms with E-state index in [0.29, 0.717) is 18.8 Å². The SMILES string of the molecule is CCOc1cc2c(cc1OCC)C[NH+](Cc1cc(=O)oc3cc(C)c(C)cc13)CC2. The number of benzene rings is 2. The maximum absolute atomic E-state index is 12.1. The number of ether oxygens (including phenoxy) is 2. The third-order valence-electron chi connectivity index (χ3n) is 5.94. The maximum atomic E-state index is 12.1. The van der Waals surface area contributed by atoms with E-state index in [2.05, 4.69) is 25.1 Å². The largest absolute Gasteiger partial charge is 0.490 e. The van der Waals surface area contributed by atoms with Crippen LogP contribution in [0.15, 0.2) is 39.5 Å². The molecule has 0 spiro atoms. The molecule has 1 aromatic heterocycles. The fourth-order valence-electron chi connectivity index (χ4n) is 4.30. The first-order valence-corrected chi connectivity index (χ1v) is 10.8. The molecular weight excluding hydrogens is 378 g/mol. The second-order valence-corrected chi connectivity index (χ2v) is 8.06. The maximum Gasteiger partial charge on any atom is 0.336 e. The van der Waals surface area contributed by atoms with Crippen molar-refractivity contribution >= 4 is 11.0 Å². The Morgan fingerprint density at radius 2 is 1.60 bits per heavy atom. The molecule has 1 aliphatic heterocycles. The summed E-state index contributed by atoms with van der Waals surface area (Å²) in [7, 11) is 0. The van der Waals surface area contributed by atoms with Crippen molar-refractivity contribution in [2.24, 2.45) is 0 Å². The quantitative estimate of drug-likeness (QED) is 0.636. The Hall–Kier alpha value is -2.79. The lowest BCUT2D eigenvalue weighted by Crippen LogP contribution is -3.10. The zero-order valence-electron chi connectivity index (χ0n) is 18.3. The molecule has 0 saturated carbocycles. The van der Waals surface area contributed by atoms with Crippen LogP contribution in [-0.4, -0.2) is 19.8 Å². The smallest absolute Gasteiger partial charge is 0.336 e. The summed E-state index contributed by atoms with van der Waals surface area (Å²) in [6.07, 6.45) is 0.981. The van der Waals surface area contributed by atoms with Gasteiger partial charge in [0.25, 0.3) is 0 Å². The van der Waals surface area contributed by atoms with Gasteiger partial charge in [0, 0.05) is 29.0 Å². The zero-order valence-corrected chi connectivity index (χ0v) is 18.3. The van der Waals surface area contributed by atoms with Crippen LogP contribution in [0, 0.1) is 13.8 Å². The lowest BCUT2D eigenvalue weighted by molar-refractivity contribution is -0.929. The van der Waals surface area contributed by atoms with Crippen LogP contribution in [0.2, 0.25) is 0 Å². The molecule has 0 amide bonds. The van der Waals surface area contributed by atoms with Crippen molar-refractivity contribution in [1.29, 1.82) is 0 Å². The van der Waals surface area contributed by atoms with Crippen molar-refractivity contribution in [3.63, 3.8) is 0 Å². The van der Waals surface area contributed by atoms with Crippen LogP contribution in [0.1, 0.15) is 41.7 Å². The molecule has 0 saturated heterocycles. The Bertz CT molecular complexity index is 1130. The summed E-state index contributed by atoms with van der Waals surface area (Å²) in [4.78, 5) is 13.6. The summed E-state index contributed by atoms with van der Waals surface area (Å²) in [6.45, 7) is 12.1. The average Bonchev–Trinajstić information content (AvgIpc) is 2.70. The van der Waals surface area contributed by atoms with Crippen LogP contribution < -0.4 is 20.0 Å². The minimum absolute atomic E-state index is 0.280. The van der Waals surface area contributed by atoms with Gasteiger partial charge in [-0.25, -0.2) is 4.79 Å². The van der Waals surface area contributed by atoms with Crippen LogP contribution in [0.25, 0.3) is 11.0 Å². The van der Waals surface area contributed by atoms with Crippen LogP contribution in [0.4, 0.5) is 0 Å². The summed E-state index contributed by atoms with van der Waals surface area (Å²) in [5.41, 5.74) is 6.42. The number of quaternary nitrogens is 1. The van der Waals surface area contributed by atoms with E-state index in [1.807, 2.05) is 26.8 Å². The van der Waals surface area contributed by atoms with Crippen molar-refractivity contribution in [2.75, 3.05) is 19.8 Å². The topological polar surface area (TPSA) is 53.1 Å². The highest BCUT2D eigenvalue weighted by molar-refractivity contribution is 5.81. The molecule has 0 bridgehead atoms. The van der Waals surface area contributed by atoms with Gasteiger partial charge in [-0.2, -0.15) is 0 Å². The zero-order chi connectivity index (χ0) is 21.3. The molecule has 4 rings (SSSR count). The Balaban J connectivity index is 1.64. The van der Waals surface area contributed by atoms with E-state index in [9.17, 15) is 4.79 Å². The predicted molar refractivity (Wildman–Crippen MR) is 118 cm³/mol. The van der Waals surface area contributed by atoms with Gasteiger partial charge in [-0.3, -0.25) is 0 Å². The van der Waals surface area contributed by atoms with Crippen LogP contribution in [0.3, 0.4) is 0 Å².